The third-order valence-corrected chi connectivity index (χ3v) is 5.73. The highest BCUT2D eigenvalue weighted by molar-refractivity contribution is 5.84. The molecule has 2 N–H and O–H groups in total. The lowest BCUT2D eigenvalue weighted by Crippen LogP contribution is -2.43. The van der Waals surface area contributed by atoms with Crippen molar-refractivity contribution in [1.82, 2.24) is 20.2 Å². The van der Waals surface area contributed by atoms with E-state index in [0.29, 0.717) is 19.6 Å². The van der Waals surface area contributed by atoms with E-state index in [1.54, 1.807) is 6.33 Å². The van der Waals surface area contributed by atoms with Crippen LogP contribution in [0.4, 0.5) is 11.6 Å². The number of β-amino-alcohol motifs (C(OH)–C–C–N with tert-alkyl or cyclic N) is 1. The molecular formula is C18H28N6O2. The molecule has 0 radical (unpaired) electrons. The molecular weight excluding hydrogens is 332 g/mol. The van der Waals surface area contributed by atoms with Gasteiger partial charge in [0.25, 0.3) is 0 Å². The minimum Gasteiger partial charge on any atom is -0.391 e. The number of aromatic nitrogens is 2. The van der Waals surface area contributed by atoms with Crippen LogP contribution in [0.2, 0.25) is 0 Å². The van der Waals surface area contributed by atoms with Gasteiger partial charge < -0.3 is 25.1 Å². The molecule has 0 saturated carbocycles. The number of aliphatic hydroxyl groups excluding tert-OH is 1. The summed E-state index contributed by atoms with van der Waals surface area (Å²) in [5.74, 6) is 1.86. The third kappa shape index (κ3) is 3.35. The fraction of sp³-hybridized carbons (Fsp3) is 0.722. The van der Waals surface area contributed by atoms with Gasteiger partial charge in [0.1, 0.15) is 18.0 Å². The summed E-state index contributed by atoms with van der Waals surface area (Å²) in [4.78, 5) is 28.1. The van der Waals surface area contributed by atoms with Crippen molar-refractivity contribution in [2.75, 3.05) is 49.6 Å². The molecule has 0 aromatic carbocycles. The summed E-state index contributed by atoms with van der Waals surface area (Å²) >= 11 is 0. The van der Waals surface area contributed by atoms with Crippen molar-refractivity contribution < 1.29 is 9.90 Å². The summed E-state index contributed by atoms with van der Waals surface area (Å²) in [6.07, 6.45) is 5.12. The summed E-state index contributed by atoms with van der Waals surface area (Å²) in [7, 11) is 1.92. The Kier molecular flexibility index (Phi) is 4.95. The summed E-state index contributed by atoms with van der Waals surface area (Å²) in [5, 5.41) is 13.4. The van der Waals surface area contributed by atoms with Gasteiger partial charge in [-0.25, -0.2) is 9.97 Å². The lowest BCUT2D eigenvalue weighted by Gasteiger charge is -2.31. The Morgan fingerprint density at radius 2 is 2.00 bits per heavy atom. The summed E-state index contributed by atoms with van der Waals surface area (Å²) < 4.78 is 0. The molecule has 3 aliphatic rings. The predicted molar refractivity (Wildman–Crippen MR) is 99.2 cm³/mol. The minimum absolute atomic E-state index is 0.157. The van der Waals surface area contributed by atoms with Crippen LogP contribution in [-0.4, -0.2) is 77.8 Å². The number of likely N-dealkylation sites (N-methyl/N-ethyl adjacent to an activating group) is 1. The number of hydrogen-bond donors (Lipinski definition) is 2. The summed E-state index contributed by atoms with van der Waals surface area (Å²) in [5.41, 5.74) is 1.01. The summed E-state index contributed by atoms with van der Waals surface area (Å²) in [6.45, 7) is 4.24. The molecule has 2 atom stereocenters. The first kappa shape index (κ1) is 17.5. The molecule has 4 heterocycles. The van der Waals surface area contributed by atoms with Gasteiger partial charge in [-0.3, -0.25) is 4.79 Å². The van der Waals surface area contributed by atoms with E-state index in [-0.39, 0.29) is 18.1 Å². The molecule has 8 heteroatoms. The van der Waals surface area contributed by atoms with Crippen LogP contribution >= 0.6 is 0 Å². The molecule has 1 amide bonds. The molecule has 142 valence electrons. The predicted octanol–water partition coefficient (Wildman–Crippen LogP) is -0.0319. The van der Waals surface area contributed by atoms with Gasteiger partial charge in [0, 0.05) is 26.2 Å². The van der Waals surface area contributed by atoms with Crippen LogP contribution in [0.1, 0.15) is 31.2 Å². The zero-order valence-electron chi connectivity index (χ0n) is 15.4. The van der Waals surface area contributed by atoms with E-state index >= 15 is 0 Å². The Labute approximate surface area is 154 Å². The number of anilines is 2. The first-order valence-electron chi connectivity index (χ1n) is 9.61. The Hall–Kier alpha value is -1.93. The van der Waals surface area contributed by atoms with E-state index in [1.165, 1.54) is 0 Å². The number of nitrogens with zero attached hydrogens (tertiary/aromatic N) is 5. The second kappa shape index (κ2) is 7.36. The average Bonchev–Trinajstić information content (AvgIpc) is 2.83. The van der Waals surface area contributed by atoms with Gasteiger partial charge in [-0.1, -0.05) is 0 Å². The lowest BCUT2D eigenvalue weighted by atomic mass is 10.1. The number of amides is 1. The highest BCUT2D eigenvalue weighted by atomic mass is 16.3. The Bertz CT molecular complexity index is 661. The summed E-state index contributed by atoms with van der Waals surface area (Å²) in [6, 6.07) is 0.258. The second-order valence-corrected chi connectivity index (χ2v) is 7.60. The maximum Gasteiger partial charge on any atom is 0.242 e. The number of carbonyl (C=O) groups is 1. The van der Waals surface area contributed by atoms with Crippen LogP contribution in [0.3, 0.4) is 0 Å². The van der Waals surface area contributed by atoms with Crippen LogP contribution < -0.4 is 15.1 Å². The Morgan fingerprint density at radius 1 is 1.15 bits per heavy atom. The smallest absolute Gasteiger partial charge is 0.242 e. The maximum atomic E-state index is 13.0. The van der Waals surface area contributed by atoms with Crippen LogP contribution in [0.15, 0.2) is 6.33 Å². The highest BCUT2D eigenvalue weighted by Gasteiger charge is 2.33. The SMILES string of the molecule is CN1CC(=O)N(C2CCCNCC2)Cc2c1ncnc2N1CCC(O)C1. The molecule has 2 unspecified atom stereocenters. The number of aliphatic hydroxyl groups is 1. The maximum absolute atomic E-state index is 13.0. The van der Waals surface area contributed by atoms with Gasteiger partial charge in [0.05, 0.1) is 24.8 Å². The standard InChI is InChI=1S/C18H28N6O2/c1-22-11-16(26)24(13-3-2-6-19-7-4-13)10-15-17(22)20-12-21-18(15)23-8-5-14(25)9-23/h12-14,19,25H,2-11H2,1H3. The largest absolute Gasteiger partial charge is 0.391 e. The highest BCUT2D eigenvalue weighted by Crippen LogP contribution is 2.32. The van der Waals surface area contributed by atoms with Crippen molar-refractivity contribution >= 4 is 17.5 Å². The van der Waals surface area contributed by atoms with Crippen molar-refractivity contribution in [3.8, 4) is 0 Å². The van der Waals surface area contributed by atoms with Gasteiger partial charge in [-0.15, -0.1) is 0 Å². The second-order valence-electron chi connectivity index (χ2n) is 7.60. The van der Waals surface area contributed by atoms with E-state index in [0.717, 1.165) is 62.5 Å². The van der Waals surface area contributed by atoms with Gasteiger partial charge >= 0.3 is 0 Å². The molecule has 3 aliphatic heterocycles. The molecule has 1 aromatic rings. The molecule has 0 aliphatic carbocycles. The van der Waals surface area contributed by atoms with Crippen molar-refractivity contribution in [3.63, 3.8) is 0 Å². The number of fused-ring (bicyclic) bond motifs is 1. The molecule has 1 aromatic heterocycles. The number of nitrogens with one attached hydrogen (secondary N) is 1. The van der Waals surface area contributed by atoms with Crippen LogP contribution in [0.5, 0.6) is 0 Å². The monoisotopic (exact) mass is 360 g/mol. The van der Waals surface area contributed by atoms with Crippen LogP contribution in [-0.2, 0) is 11.3 Å². The molecule has 2 fully saturated rings. The molecule has 4 rings (SSSR count). The quantitative estimate of drug-likeness (QED) is 0.766. The molecule has 0 spiro atoms. The fourth-order valence-electron chi connectivity index (χ4n) is 4.34. The fourth-order valence-corrected chi connectivity index (χ4v) is 4.34. The van der Waals surface area contributed by atoms with Gasteiger partial charge in [0.15, 0.2) is 0 Å². The van der Waals surface area contributed by atoms with Crippen molar-refractivity contribution in [3.05, 3.63) is 11.9 Å². The topological polar surface area (TPSA) is 84.8 Å². The molecule has 0 bridgehead atoms. The minimum atomic E-state index is -0.310. The van der Waals surface area contributed by atoms with Crippen molar-refractivity contribution in [1.29, 1.82) is 0 Å². The van der Waals surface area contributed by atoms with Crippen molar-refractivity contribution in [2.45, 2.75) is 44.4 Å². The van der Waals surface area contributed by atoms with E-state index in [2.05, 4.69) is 20.2 Å². The molecule has 2 saturated heterocycles. The Balaban J connectivity index is 1.68. The average molecular weight is 360 g/mol. The van der Waals surface area contributed by atoms with E-state index in [4.69, 9.17) is 0 Å². The Morgan fingerprint density at radius 3 is 2.81 bits per heavy atom. The van der Waals surface area contributed by atoms with Crippen molar-refractivity contribution in [2.24, 2.45) is 0 Å². The number of rotatable bonds is 2. The first-order chi connectivity index (χ1) is 12.6. The lowest BCUT2D eigenvalue weighted by molar-refractivity contribution is -0.132. The zero-order chi connectivity index (χ0) is 18.1. The first-order valence-corrected chi connectivity index (χ1v) is 9.61. The van der Waals surface area contributed by atoms with Gasteiger partial charge in [0.2, 0.25) is 5.91 Å². The zero-order valence-corrected chi connectivity index (χ0v) is 15.4. The molecule has 26 heavy (non-hydrogen) atoms. The van der Waals surface area contributed by atoms with Crippen LogP contribution in [0, 0.1) is 0 Å². The van der Waals surface area contributed by atoms with E-state index < -0.39 is 0 Å². The normalized spacial score (nSPS) is 27.3. The van der Waals surface area contributed by atoms with Gasteiger partial charge in [-0.05, 0) is 38.8 Å². The number of carbonyl (C=O) groups excluding carboxylic acids is 1. The third-order valence-electron chi connectivity index (χ3n) is 5.73. The van der Waals surface area contributed by atoms with Gasteiger partial charge in [-0.2, -0.15) is 0 Å². The van der Waals surface area contributed by atoms with E-state index in [1.807, 2.05) is 16.8 Å². The van der Waals surface area contributed by atoms with E-state index in [9.17, 15) is 9.90 Å². The van der Waals surface area contributed by atoms with Crippen LogP contribution in [0.25, 0.3) is 0 Å². The number of hydrogen-bond acceptors (Lipinski definition) is 7. The molecule has 8 nitrogen and oxygen atoms in total.